The topological polar surface area (TPSA) is 99.9 Å². The molecule has 0 unspecified atom stereocenters. The second kappa shape index (κ2) is 4.76. The summed E-state index contributed by atoms with van der Waals surface area (Å²) in [7, 11) is -0.291. The van der Waals surface area contributed by atoms with Crippen LogP contribution in [0.2, 0.25) is 0 Å². The Morgan fingerprint density at radius 3 is 2.73 bits per heavy atom. The molecule has 0 aliphatic rings. The molecule has 0 atom stereocenters. The minimum Gasteiger partial charge on any atom is -0.495 e. The molecule has 3 N–H and O–H groups in total. The van der Waals surface area contributed by atoms with Crippen LogP contribution in [0.25, 0.3) is 0 Å². The van der Waals surface area contributed by atoms with Gasteiger partial charge in [0.25, 0.3) is 0 Å². The number of hydrogen-bond acceptors (Lipinski definition) is 5. The van der Waals surface area contributed by atoms with Gasteiger partial charge in [0.15, 0.2) is 0 Å². The molecule has 0 saturated heterocycles. The quantitative estimate of drug-likeness (QED) is 0.518. The van der Waals surface area contributed by atoms with Crippen LogP contribution in [-0.2, 0) is 11.2 Å². The molecule has 0 saturated carbocycles. The van der Waals surface area contributed by atoms with Crippen molar-refractivity contribution in [2.75, 3.05) is 7.11 Å². The average molecular weight is 211 g/mol. The van der Waals surface area contributed by atoms with Crippen LogP contribution >= 0.6 is 0 Å². The molecule has 15 heavy (non-hydrogen) atoms. The maximum Gasteiger partial charge on any atom is 0.490 e. The zero-order valence-electron chi connectivity index (χ0n) is 8.04. The van der Waals surface area contributed by atoms with Crippen LogP contribution in [-0.4, -0.2) is 40.3 Å². The molecular formula is C8H10BNO5. The van der Waals surface area contributed by atoms with E-state index in [0.717, 1.165) is 0 Å². The smallest absolute Gasteiger partial charge is 0.490 e. The molecule has 0 bridgehead atoms. The van der Waals surface area contributed by atoms with E-state index >= 15 is 0 Å². The highest BCUT2D eigenvalue weighted by Crippen LogP contribution is 2.14. The van der Waals surface area contributed by atoms with Crippen LogP contribution in [0.5, 0.6) is 5.75 Å². The van der Waals surface area contributed by atoms with Crippen LogP contribution < -0.4 is 10.2 Å². The fraction of sp³-hybridized carbons (Fsp3) is 0.250. The molecule has 80 valence electrons. The fourth-order valence-corrected chi connectivity index (χ4v) is 1.08. The summed E-state index contributed by atoms with van der Waals surface area (Å²) in [6.07, 6.45) is 0.927. The van der Waals surface area contributed by atoms with Gasteiger partial charge in [0.1, 0.15) is 5.75 Å². The van der Waals surface area contributed by atoms with Gasteiger partial charge in [-0.15, -0.1) is 0 Å². The van der Waals surface area contributed by atoms with Crippen molar-refractivity contribution in [3.63, 3.8) is 0 Å². The molecule has 0 amide bonds. The van der Waals surface area contributed by atoms with E-state index in [0.29, 0.717) is 0 Å². The first kappa shape index (κ1) is 11.5. The van der Waals surface area contributed by atoms with Gasteiger partial charge in [0.05, 0.1) is 19.2 Å². The van der Waals surface area contributed by atoms with Gasteiger partial charge in [-0.2, -0.15) is 0 Å². The molecule has 0 fully saturated rings. The summed E-state index contributed by atoms with van der Waals surface area (Å²) in [4.78, 5) is 14.2. The highest BCUT2D eigenvalue weighted by Gasteiger charge is 2.16. The molecule has 0 aromatic carbocycles. The summed E-state index contributed by atoms with van der Waals surface area (Å²) in [6, 6.07) is 1.34. The number of carbonyl (C=O) groups is 1. The van der Waals surface area contributed by atoms with Gasteiger partial charge in [-0.25, -0.2) is 0 Å². The lowest BCUT2D eigenvalue weighted by molar-refractivity contribution is -0.136. The Balaban J connectivity index is 3.03. The van der Waals surface area contributed by atoms with Gasteiger partial charge < -0.3 is 19.9 Å². The lowest BCUT2D eigenvalue weighted by atomic mass is 9.81. The number of aliphatic carboxylic acids is 1. The Morgan fingerprint density at radius 2 is 2.27 bits per heavy atom. The first-order valence-corrected chi connectivity index (χ1v) is 4.15. The third-order valence-corrected chi connectivity index (χ3v) is 1.79. The van der Waals surface area contributed by atoms with Crippen LogP contribution in [0.15, 0.2) is 12.3 Å². The SMILES string of the molecule is COc1cc(B(O)O)cnc1CC(=O)O. The van der Waals surface area contributed by atoms with E-state index in [2.05, 4.69) is 4.98 Å². The molecule has 0 aliphatic heterocycles. The van der Waals surface area contributed by atoms with Crippen molar-refractivity contribution >= 4 is 18.6 Å². The molecule has 0 spiro atoms. The van der Waals surface area contributed by atoms with Crippen LogP contribution in [0, 0.1) is 0 Å². The van der Waals surface area contributed by atoms with Crippen molar-refractivity contribution in [1.29, 1.82) is 0 Å². The molecule has 1 aromatic rings. The summed E-state index contributed by atoms with van der Waals surface area (Å²) >= 11 is 0. The maximum absolute atomic E-state index is 10.5. The molecule has 7 heteroatoms. The summed E-state index contributed by atoms with van der Waals surface area (Å²) in [5.74, 6) is -0.805. The van der Waals surface area contributed by atoms with Gasteiger partial charge in [-0.05, 0) is 6.07 Å². The normalized spacial score (nSPS) is 9.80. The Hall–Kier alpha value is -1.60. The van der Waals surface area contributed by atoms with E-state index in [1.807, 2.05) is 0 Å². The van der Waals surface area contributed by atoms with E-state index in [1.54, 1.807) is 0 Å². The van der Waals surface area contributed by atoms with Crippen molar-refractivity contribution in [3.05, 3.63) is 18.0 Å². The monoisotopic (exact) mass is 211 g/mol. The molecule has 1 rings (SSSR count). The van der Waals surface area contributed by atoms with Crippen LogP contribution in [0.4, 0.5) is 0 Å². The number of ether oxygens (including phenoxy) is 1. The zero-order valence-corrected chi connectivity index (χ0v) is 8.04. The third kappa shape index (κ3) is 2.93. The number of pyridine rings is 1. The number of methoxy groups -OCH3 is 1. The number of carboxylic acid groups (broad SMARTS) is 1. The summed E-state index contributed by atoms with van der Waals surface area (Å²) < 4.78 is 4.89. The van der Waals surface area contributed by atoms with Crippen molar-refractivity contribution in [1.82, 2.24) is 4.98 Å². The molecule has 1 aromatic heterocycles. The maximum atomic E-state index is 10.5. The van der Waals surface area contributed by atoms with E-state index in [-0.39, 0.29) is 23.3 Å². The fourth-order valence-electron chi connectivity index (χ4n) is 1.08. The lowest BCUT2D eigenvalue weighted by Crippen LogP contribution is -2.30. The highest BCUT2D eigenvalue weighted by atomic mass is 16.5. The number of carboxylic acids is 1. The molecule has 6 nitrogen and oxygen atoms in total. The van der Waals surface area contributed by atoms with Gasteiger partial charge in [-0.3, -0.25) is 9.78 Å². The van der Waals surface area contributed by atoms with Crippen LogP contribution in [0.3, 0.4) is 0 Å². The number of rotatable bonds is 4. The lowest BCUT2D eigenvalue weighted by Gasteiger charge is -2.07. The highest BCUT2D eigenvalue weighted by molar-refractivity contribution is 6.58. The van der Waals surface area contributed by atoms with Crippen molar-refractivity contribution in [2.24, 2.45) is 0 Å². The molecule has 1 heterocycles. The van der Waals surface area contributed by atoms with E-state index in [9.17, 15) is 4.79 Å². The summed E-state index contributed by atoms with van der Waals surface area (Å²) in [5, 5.41) is 26.3. The standard InChI is InChI=1S/C8H10BNO5/c1-15-7-2-5(9(13)14)4-10-6(7)3-8(11)12/h2,4,13-14H,3H2,1H3,(H,11,12). The zero-order chi connectivity index (χ0) is 11.4. The molecule has 0 aliphatic carbocycles. The molecular weight excluding hydrogens is 201 g/mol. The predicted octanol–water partition coefficient (Wildman–Crippen LogP) is -1.60. The first-order valence-electron chi connectivity index (χ1n) is 4.15. The number of nitrogens with zero attached hydrogens (tertiary/aromatic N) is 1. The molecule has 0 radical (unpaired) electrons. The minimum atomic E-state index is -1.65. The summed E-state index contributed by atoms with van der Waals surface area (Å²) in [5.41, 5.74) is 0.399. The predicted molar refractivity (Wildman–Crippen MR) is 52.0 cm³/mol. The average Bonchev–Trinajstić information content (AvgIpc) is 2.17. The Morgan fingerprint density at radius 1 is 1.60 bits per heavy atom. The Bertz CT molecular complexity index is 368. The van der Waals surface area contributed by atoms with E-state index < -0.39 is 13.1 Å². The van der Waals surface area contributed by atoms with Gasteiger partial charge in [0, 0.05) is 11.7 Å². The van der Waals surface area contributed by atoms with Gasteiger partial charge in [0.2, 0.25) is 0 Å². The van der Waals surface area contributed by atoms with Crippen molar-refractivity contribution in [3.8, 4) is 5.75 Å². The number of hydrogen-bond donors (Lipinski definition) is 3. The minimum absolute atomic E-state index is 0.154. The van der Waals surface area contributed by atoms with Gasteiger partial charge >= 0.3 is 13.1 Å². The summed E-state index contributed by atoms with van der Waals surface area (Å²) in [6.45, 7) is 0. The van der Waals surface area contributed by atoms with Crippen molar-refractivity contribution < 1.29 is 24.7 Å². The van der Waals surface area contributed by atoms with E-state index in [4.69, 9.17) is 19.9 Å². The van der Waals surface area contributed by atoms with Crippen LogP contribution in [0.1, 0.15) is 5.69 Å². The number of aromatic nitrogens is 1. The Kier molecular flexibility index (Phi) is 3.65. The van der Waals surface area contributed by atoms with E-state index in [1.165, 1.54) is 19.4 Å². The first-order chi connectivity index (χ1) is 7.04. The largest absolute Gasteiger partial charge is 0.495 e. The van der Waals surface area contributed by atoms with Gasteiger partial charge in [-0.1, -0.05) is 0 Å². The Labute approximate surface area is 86.3 Å². The second-order valence-electron chi connectivity index (χ2n) is 2.86. The van der Waals surface area contributed by atoms with Crippen molar-refractivity contribution in [2.45, 2.75) is 6.42 Å². The third-order valence-electron chi connectivity index (χ3n) is 1.79. The second-order valence-corrected chi connectivity index (χ2v) is 2.86.